The third kappa shape index (κ3) is 2.08. The molecule has 0 spiro atoms. The second-order valence-electron chi connectivity index (χ2n) is 5.51. The zero-order valence-electron chi connectivity index (χ0n) is 12.3. The summed E-state index contributed by atoms with van der Waals surface area (Å²) >= 11 is 1.43. The van der Waals surface area contributed by atoms with Crippen LogP contribution in [0.3, 0.4) is 0 Å². The summed E-state index contributed by atoms with van der Waals surface area (Å²) in [7, 11) is 0. The fourth-order valence-electron chi connectivity index (χ4n) is 2.69. The van der Waals surface area contributed by atoms with Gasteiger partial charge in [0.05, 0.1) is 15.4 Å². The lowest BCUT2D eigenvalue weighted by atomic mass is 9.90. The molecule has 1 aromatic heterocycles. The zero-order chi connectivity index (χ0) is 15.2. The van der Waals surface area contributed by atoms with Crippen LogP contribution in [-0.2, 0) is 5.60 Å². The maximum atomic E-state index is 12.4. The fourth-order valence-corrected chi connectivity index (χ4v) is 3.81. The van der Waals surface area contributed by atoms with E-state index in [-0.39, 0.29) is 5.91 Å². The molecular weight excluding hydrogens is 284 g/mol. The summed E-state index contributed by atoms with van der Waals surface area (Å²) in [6, 6.07) is 7.77. The van der Waals surface area contributed by atoms with Crippen molar-refractivity contribution < 1.29 is 9.53 Å². The molecule has 2 aromatic rings. The summed E-state index contributed by atoms with van der Waals surface area (Å²) in [5, 5.41) is 3.39. The number of amides is 1. The van der Waals surface area contributed by atoms with Crippen molar-refractivity contribution in [1.29, 1.82) is 0 Å². The Kier molecular flexibility index (Phi) is 3.17. The van der Waals surface area contributed by atoms with Gasteiger partial charge in [-0.3, -0.25) is 4.79 Å². The van der Waals surface area contributed by atoms with Crippen molar-refractivity contribution in [2.75, 3.05) is 12.3 Å². The second-order valence-corrected chi connectivity index (χ2v) is 6.57. The van der Waals surface area contributed by atoms with Crippen LogP contribution < -0.4 is 15.8 Å². The molecule has 110 valence electrons. The van der Waals surface area contributed by atoms with E-state index in [1.54, 1.807) is 0 Å². The number of hydrogen-bond acceptors (Lipinski definition) is 4. The lowest BCUT2D eigenvalue weighted by Gasteiger charge is -2.32. The van der Waals surface area contributed by atoms with Crippen molar-refractivity contribution in [1.82, 2.24) is 5.32 Å². The molecule has 21 heavy (non-hydrogen) atoms. The van der Waals surface area contributed by atoms with Crippen molar-refractivity contribution in [3.63, 3.8) is 0 Å². The molecule has 0 unspecified atom stereocenters. The predicted molar refractivity (Wildman–Crippen MR) is 85.8 cm³/mol. The van der Waals surface area contributed by atoms with Crippen LogP contribution in [0.1, 0.15) is 36.0 Å². The summed E-state index contributed by atoms with van der Waals surface area (Å²) in [4.78, 5) is 13.4. The Labute approximate surface area is 127 Å². The standard InChI is InChI=1S/C16H18N2O2S/c1-4-18-15(19)12-11-9-7-5-6-8-10(9)20-16(2,3)13(11)21-14(12)17/h5-8H,4,17H2,1-3H3,(H,18,19). The number of anilines is 1. The molecule has 1 aromatic carbocycles. The summed E-state index contributed by atoms with van der Waals surface area (Å²) in [6.07, 6.45) is 0. The molecule has 0 saturated heterocycles. The van der Waals surface area contributed by atoms with Crippen LogP contribution in [0.2, 0.25) is 0 Å². The highest BCUT2D eigenvalue weighted by molar-refractivity contribution is 7.17. The Morgan fingerprint density at radius 1 is 1.38 bits per heavy atom. The Morgan fingerprint density at radius 2 is 2.10 bits per heavy atom. The van der Waals surface area contributed by atoms with Crippen LogP contribution in [0, 0.1) is 0 Å². The summed E-state index contributed by atoms with van der Waals surface area (Å²) in [5.74, 6) is 0.665. The van der Waals surface area contributed by atoms with Crippen molar-refractivity contribution in [2.45, 2.75) is 26.4 Å². The number of rotatable bonds is 2. The molecule has 0 saturated carbocycles. The number of nitrogens with two attached hydrogens (primary N) is 1. The zero-order valence-corrected chi connectivity index (χ0v) is 13.1. The Balaban J connectivity index is 2.29. The normalized spacial score (nSPS) is 14.8. The van der Waals surface area contributed by atoms with E-state index in [0.717, 1.165) is 21.8 Å². The molecule has 1 amide bonds. The average molecular weight is 302 g/mol. The van der Waals surface area contributed by atoms with Gasteiger partial charge in [-0.1, -0.05) is 18.2 Å². The van der Waals surface area contributed by atoms with E-state index in [9.17, 15) is 4.79 Å². The van der Waals surface area contributed by atoms with E-state index < -0.39 is 5.60 Å². The number of nitrogens with one attached hydrogen (secondary N) is 1. The first-order chi connectivity index (χ1) is 9.95. The SMILES string of the molecule is CCNC(=O)c1c(N)sc2c1-c1ccccc1OC2(C)C. The third-order valence-corrected chi connectivity index (χ3v) is 4.89. The largest absolute Gasteiger partial charge is 0.482 e. The van der Waals surface area contributed by atoms with Gasteiger partial charge in [0.15, 0.2) is 0 Å². The highest BCUT2D eigenvalue weighted by Crippen LogP contribution is 2.51. The molecule has 3 rings (SSSR count). The first-order valence-electron chi connectivity index (χ1n) is 6.95. The number of benzene rings is 1. The lowest BCUT2D eigenvalue weighted by molar-refractivity contribution is 0.0955. The monoisotopic (exact) mass is 302 g/mol. The van der Waals surface area contributed by atoms with Crippen molar-refractivity contribution in [2.24, 2.45) is 0 Å². The minimum atomic E-state index is -0.493. The predicted octanol–water partition coefficient (Wildman–Crippen LogP) is 3.37. The van der Waals surface area contributed by atoms with Crippen molar-refractivity contribution >= 4 is 22.2 Å². The van der Waals surface area contributed by atoms with Gasteiger partial charge in [0.2, 0.25) is 0 Å². The number of ether oxygens (including phenoxy) is 1. The summed E-state index contributed by atoms with van der Waals surface area (Å²) < 4.78 is 6.08. The topological polar surface area (TPSA) is 64.4 Å². The Morgan fingerprint density at radius 3 is 2.81 bits per heavy atom. The molecule has 0 bridgehead atoms. The van der Waals surface area contributed by atoms with E-state index in [2.05, 4.69) is 5.32 Å². The Bertz CT molecular complexity index is 719. The number of nitrogen functional groups attached to an aromatic ring is 1. The molecule has 0 aliphatic carbocycles. The van der Waals surface area contributed by atoms with Gasteiger partial charge in [0, 0.05) is 17.7 Å². The van der Waals surface area contributed by atoms with Crippen molar-refractivity contribution in [3.8, 4) is 16.9 Å². The van der Waals surface area contributed by atoms with Gasteiger partial charge in [0.1, 0.15) is 11.4 Å². The van der Waals surface area contributed by atoms with Crippen molar-refractivity contribution in [3.05, 3.63) is 34.7 Å². The van der Waals surface area contributed by atoms with Gasteiger partial charge in [-0.25, -0.2) is 0 Å². The molecule has 4 nitrogen and oxygen atoms in total. The number of hydrogen-bond donors (Lipinski definition) is 2. The summed E-state index contributed by atoms with van der Waals surface area (Å²) in [6.45, 7) is 6.47. The number of thiophene rings is 1. The van der Waals surface area contributed by atoms with Gasteiger partial charge in [-0.15, -0.1) is 11.3 Å². The van der Waals surface area contributed by atoms with Gasteiger partial charge in [0.25, 0.3) is 5.91 Å². The maximum absolute atomic E-state index is 12.4. The highest BCUT2D eigenvalue weighted by atomic mass is 32.1. The molecule has 5 heteroatoms. The van der Waals surface area contributed by atoms with Gasteiger partial charge < -0.3 is 15.8 Å². The van der Waals surface area contributed by atoms with E-state index in [1.807, 2.05) is 45.0 Å². The maximum Gasteiger partial charge on any atom is 0.254 e. The molecular formula is C16H18N2O2S. The quantitative estimate of drug-likeness (QED) is 0.894. The lowest BCUT2D eigenvalue weighted by Crippen LogP contribution is -2.29. The molecule has 1 aliphatic heterocycles. The highest BCUT2D eigenvalue weighted by Gasteiger charge is 2.38. The molecule has 0 fully saturated rings. The fraction of sp³-hybridized carbons (Fsp3) is 0.312. The summed E-state index contributed by atoms with van der Waals surface area (Å²) in [5.41, 5.74) is 8.05. The van der Waals surface area contributed by atoms with Gasteiger partial charge >= 0.3 is 0 Å². The molecule has 0 radical (unpaired) electrons. The van der Waals surface area contributed by atoms with Crippen LogP contribution in [0.4, 0.5) is 5.00 Å². The number of carbonyl (C=O) groups excluding carboxylic acids is 1. The van der Waals surface area contributed by atoms with E-state index in [1.165, 1.54) is 11.3 Å². The molecule has 2 heterocycles. The van der Waals surface area contributed by atoms with Crippen LogP contribution in [-0.4, -0.2) is 12.5 Å². The van der Waals surface area contributed by atoms with E-state index >= 15 is 0 Å². The molecule has 0 atom stereocenters. The molecule has 1 aliphatic rings. The van der Waals surface area contributed by atoms with Gasteiger partial charge in [-0.2, -0.15) is 0 Å². The number of para-hydroxylation sites is 1. The second kappa shape index (κ2) is 4.77. The van der Waals surface area contributed by atoms with Crippen LogP contribution in [0.25, 0.3) is 11.1 Å². The minimum Gasteiger partial charge on any atom is -0.482 e. The van der Waals surface area contributed by atoms with Crippen LogP contribution in [0.5, 0.6) is 5.75 Å². The van der Waals surface area contributed by atoms with E-state index in [0.29, 0.717) is 17.1 Å². The average Bonchev–Trinajstić information content (AvgIpc) is 2.77. The van der Waals surface area contributed by atoms with E-state index in [4.69, 9.17) is 10.5 Å². The first kappa shape index (κ1) is 13.9. The number of carbonyl (C=O) groups is 1. The first-order valence-corrected chi connectivity index (χ1v) is 7.76. The number of fused-ring (bicyclic) bond motifs is 3. The minimum absolute atomic E-state index is 0.125. The van der Waals surface area contributed by atoms with Crippen LogP contribution >= 0.6 is 11.3 Å². The molecule has 3 N–H and O–H groups in total. The third-order valence-electron chi connectivity index (χ3n) is 3.57. The van der Waals surface area contributed by atoms with Gasteiger partial charge in [-0.05, 0) is 26.8 Å². The smallest absolute Gasteiger partial charge is 0.254 e. The Hall–Kier alpha value is -2.01. The van der Waals surface area contributed by atoms with Crippen LogP contribution in [0.15, 0.2) is 24.3 Å².